The fourth-order valence-corrected chi connectivity index (χ4v) is 16.3. The van der Waals surface area contributed by atoms with Crippen molar-refractivity contribution in [1.82, 2.24) is 0 Å². The van der Waals surface area contributed by atoms with Gasteiger partial charge in [-0.25, -0.2) is 0 Å². The summed E-state index contributed by atoms with van der Waals surface area (Å²) in [5.41, 5.74) is -1.12. The quantitative estimate of drug-likeness (QED) is 0.291. The summed E-state index contributed by atoms with van der Waals surface area (Å²) in [6.07, 6.45) is 19.2. The molecular formula is C44H66O4. The molecule has 48 heavy (non-hydrogen) atoms. The monoisotopic (exact) mass is 658 g/mol. The Labute approximate surface area is 291 Å². The minimum atomic E-state index is -0.995. The lowest BCUT2D eigenvalue weighted by molar-refractivity contribution is -0.146. The van der Waals surface area contributed by atoms with E-state index in [-0.39, 0.29) is 33.5 Å². The van der Waals surface area contributed by atoms with Crippen LogP contribution in [0.4, 0.5) is 0 Å². The van der Waals surface area contributed by atoms with Gasteiger partial charge in [-0.1, -0.05) is 39.5 Å². The zero-order valence-corrected chi connectivity index (χ0v) is 31.2. The predicted octanol–water partition coefficient (Wildman–Crippen LogP) is 8.95. The van der Waals surface area contributed by atoms with E-state index < -0.39 is 11.2 Å². The lowest BCUT2D eigenvalue weighted by atomic mass is 9.43. The molecule has 0 saturated heterocycles. The Balaban J connectivity index is 0.940. The Morgan fingerprint density at radius 2 is 0.854 bits per heavy atom. The molecule has 0 bridgehead atoms. The standard InChI is InChI=1S/C44H66O4/c1-27(45)33-11-13-35-31-9-7-29-25-43(47,21-19-39(29,3)37(31)15-17-41(33,35)5)23-24-44(48)22-20-40(4)30(26-44)8-10-32-36-14-12-34(28(2)46)42(36,6)18-16-38(32)40/h29-38,47-48H,7-22,25-26H2,1-6H3/t29-,30-,31+,32+,33-,34-,35+,36+,37+,38+,39+,40+,41-,42-,43+,44+/m1/s1. The number of hydrogen-bond acceptors (Lipinski definition) is 4. The molecule has 0 aromatic heterocycles. The summed E-state index contributed by atoms with van der Waals surface area (Å²) < 4.78 is 0. The first-order chi connectivity index (χ1) is 22.6. The van der Waals surface area contributed by atoms with Gasteiger partial charge in [0, 0.05) is 11.8 Å². The number of hydrogen-bond donors (Lipinski definition) is 2. The third-order valence-electron chi connectivity index (χ3n) is 19.0. The highest BCUT2D eigenvalue weighted by Gasteiger charge is 2.63. The van der Waals surface area contributed by atoms with E-state index in [1.807, 2.05) is 13.8 Å². The Bertz CT molecular complexity index is 1310. The van der Waals surface area contributed by atoms with Crippen LogP contribution in [-0.4, -0.2) is 33.0 Å². The summed E-state index contributed by atoms with van der Waals surface area (Å²) in [5, 5.41) is 24.0. The predicted molar refractivity (Wildman–Crippen MR) is 189 cm³/mol. The molecular weight excluding hydrogens is 592 g/mol. The van der Waals surface area contributed by atoms with Gasteiger partial charge in [0.2, 0.25) is 0 Å². The molecule has 4 heteroatoms. The third-order valence-corrected chi connectivity index (χ3v) is 19.0. The number of Topliss-reactive ketones (excluding diaryl/α,β-unsaturated/α-hetero) is 2. The van der Waals surface area contributed by atoms with E-state index in [1.54, 1.807) is 0 Å². The highest BCUT2D eigenvalue weighted by atomic mass is 16.3. The van der Waals surface area contributed by atoms with Gasteiger partial charge in [0.1, 0.15) is 22.8 Å². The fourth-order valence-electron chi connectivity index (χ4n) is 16.3. The van der Waals surface area contributed by atoms with E-state index in [1.165, 1.54) is 64.2 Å². The zero-order chi connectivity index (χ0) is 34.1. The van der Waals surface area contributed by atoms with E-state index >= 15 is 0 Å². The van der Waals surface area contributed by atoms with Crippen molar-refractivity contribution in [2.45, 2.75) is 168 Å². The van der Waals surface area contributed by atoms with Crippen LogP contribution >= 0.6 is 0 Å². The molecule has 8 saturated carbocycles. The molecule has 0 spiro atoms. The van der Waals surface area contributed by atoms with Crippen LogP contribution in [0.3, 0.4) is 0 Å². The van der Waals surface area contributed by atoms with Gasteiger partial charge >= 0.3 is 0 Å². The Hall–Kier alpha value is -1.18. The molecule has 8 rings (SSSR count). The lowest BCUT2D eigenvalue weighted by Crippen LogP contribution is -2.56. The summed E-state index contributed by atoms with van der Waals surface area (Å²) in [6, 6.07) is 0. The summed E-state index contributed by atoms with van der Waals surface area (Å²) in [7, 11) is 0. The molecule has 8 aliphatic rings. The van der Waals surface area contributed by atoms with Crippen molar-refractivity contribution in [1.29, 1.82) is 0 Å². The topological polar surface area (TPSA) is 74.6 Å². The van der Waals surface area contributed by atoms with Crippen LogP contribution in [0.2, 0.25) is 0 Å². The maximum atomic E-state index is 12.6. The van der Waals surface area contributed by atoms with Crippen molar-refractivity contribution in [3.63, 3.8) is 0 Å². The van der Waals surface area contributed by atoms with Crippen molar-refractivity contribution in [3.8, 4) is 11.8 Å². The molecule has 2 N–H and O–H groups in total. The summed E-state index contributed by atoms with van der Waals surface area (Å²) in [5.74, 6) is 13.3. The minimum Gasteiger partial charge on any atom is -0.378 e. The molecule has 8 aliphatic carbocycles. The van der Waals surface area contributed by atoms with Crippen molar-refractivity contribution in [2.75, 3.05) is 0 Å². The van der Waals surface area contributed by atoms with Gasteiger partial charge in [0.25, 0.3) is 0 Å². The molecule has 4 nitrogen and oxygen atoms in total. The lowest BCUT2D eigenvalue weighted by Gasteiger charge is -2.62. The van der Waals surface area contributed by atoms with Gasteiger partial charge in [-0.05, 0) is 198 Å². The Morgan fingerprint density at radius 3 is 1.23 bits per heavy atom. The smallest absolute Gasteiger partial charge is 0.133 e. The summed E-state index contributed by atoms with van der Waals surface area (Å²) >= 11 is 0. The number of aliphatic hydroxyl groups is 2. The first-order valence-corrected chi connectivity index (χ1v) is 20.6. The number of fused-ring (bicyclic) bond motifs is 10. The zero-order valence-electron chi connectivity index (χ0n) is 31.2. The minimum absolute atomic E-state index is 0.189. The molecule has 8 fully saturated rings. The highest BCUT2D eigenvalue weighted by Crippen LogP contribution is 2.70. The van der Waals surface area contributed by atoms with Crippen molar-refractivity contribution < 1.29 is 19.8 Å². The Morgan fingerprint density at radius 1 is 0.479 bits per heavy atom. The molecule has 0 amide bonds. The van der Waals surface area contributed by atoms with Crippen LogP contribution in [0.5, 0.6) is 0 Å². The second-order valence-corrected chi connectivity index (χ2v) is 20.6. The molecule has 0 aromatic carbocycles. The average Bonchev–Trinajstić information content (AvgIpc) is 3.58. The van der Waals surface area contributed by atoms with Crippen LogP contribution in [-0.2, 0) is 9.59 Å². The first kappa shape index (κ1) is 33.9. The van der Waals surface area contributed by atoms with Gasteiger partial charge in [-0.2, -0.15) is 0 Å². The first-order valence-electron chi connectivity index (χ1n) is 20.6. The van der Waals surface area contributed by atoms with Gasteiger partial charge in [-0.15, -0.1) is 0 Å². The maximum absolute atomic E-state index is 12.6. The van der Waals surface area contributed by atoms with E-state index in [9.17, 15) is 19.8 Å². The second-order valence-electron chi connectivity index (χ2n) is 20.6. The molecule has 0 radical (unpaired) electrons. The number of ketones is 2. The summed E-state index contributed by atoms with van der Waals surface area (Å²) in [4.78, 5) is 25.2. The normalized spacial score (nSPS) is 57.0. The van der Waals surface area contributed by atoms with Crippen LogP contribution < -0.4 is 0 Å². The number of rotatable bonds is 2. The van der Waals surface area contributed by atoms with Crippen molar-refractivity contribution in [3.05, 3.63) is 0 Å². The number of carbonyl (C=O) groups excluding carboxylic acids is 2. The molecule has 16 atom stereocenters. The van der Waals surface area contributed by atoms with Crippen LogP contribution in [0.15, 0.2) is 0 Å². The molecule has 0 aromatic rings. The molecule has 0 aliphatic heterocycles. The fraction of sp³-hybridized carbons (Fsp3) is 0.909. The average molecular weight is 659 g/mol. The highest BCUT2D eigenvalue weighted by molar-refractivity contribution is 5.80. The molecule has 0 heterocycles. The van der Waals surface area contributed by atoms with E-state index in [2.05, 4.69) is 39.5 Å². The van der Waals surface area contributed by atoms with Gasteiger partial charge in [-0.3, -0.25) is 9.59 Å². The van der Waals surface area contributed by atoms with Crippen molar-refractivity contribution >= 4 is 11.6 Å². The SMILES string of the molecule is CC(=O)[C@H]1CC[C@H]2[C@@H]3CC[C@@H]4C[C@@](O)(C#C[C@@]5(O)CC[C@@]6(C)[C@H](CC[C@@H]7[C@@H]6CC[C@]6(C)[C@@H](C(C)=O)CC[C@@H]76)C5)CC[C@]4(C)[C@H]3CC[C@]12C. The largest absolute Gasteiger partial charge is 0.378 e. The number of carbonyl (C=O) groups is 2. The Kier molecular flexibility index (Phi) is 7.89. The van der Waals surface area contributed by atoms with Gasteiger partial charge in [0.05, 0.1) is 0 Å². The van der Waals surface area contributed by atoms with Crippen LogP contribution in [0.1, 0.15) is 157 Å². The van der Waals surface area contributed by atoms with Gasteiger partial charge in [0.15, 0.2) is 0 Å². The van der Waals surface area contributed by atoms with E-state index in [0.29, 0.717) is 47.1 Å². The summed E-state index contributed by atoms with van der Waals surface area (Å²) in [6.45, 7) is 13.6. The van der Waals surface area contributed by atoms with E-state index in [4.69, 9.17) is 0 Å². The second kappa shape index (κ2) is 11.2. The molecule has 266 valence electrons. The third kappa shape index (κ3) is 4.81. The maximum Gasteiger partial charge on any atom is 0.133 e. The van der Waals surface area contributed by atoms with Crippen molar-refractivity contribution in [2.24, 2.45) is 80.8 Å². The van der Waals surface area contributed by atoms with E-state index in [0.717, 1.165) is 63.2 Å². The van der Waals surface area contributed by atoms with Gasteiger partial charge < -0.3 is 10.2 Å². The van der Waals surface area contributed by atoms with Crippen LogP contribution in [0, 0.1) is 92.7 Å². The van der Waals surface area contributed by atoms with Crippen LogP contribution in [0.25, 0.3) is 0 Å². The molecule has 0 unspecified atom stereocenters.